The summed E-state index contributed by atoms with van der Waals surface area (Å²) in [6, 6.07) is 2.99. The van der Waals surface area contributed by atoms with Crippen molar-refractivity contribution in [3.8, 4) is 5.75 Å². The highest BCUT2D eigenvalue weighted by Crippen LogP contribution is 2.31. The zero-order valence-corrected chi connectivity index (χ0v) is 40.9. The lowest BCUT2D eigenvalue weighted by Crippen LogP contribution is -2.51. The van der Waals surface area contributed by atoms with Crippen LogP contribution < -0.4 is 31.7 Å². The number of anilines is 1. The number of carbonyl (C=O) groups is 10. The maximum absolute atomic E-state index is 13.2. The normalized spacial score (nSPS) is 15.7. The number of aliphatic carboxylic acids is 1. The Balaban J connectivity index is 0.00000304. The molecule has 382 valence electrons. The molecule has 8 N–H and O–H groups in total. The van der Waals surface area contributed by atoms with E-state index in [4.69, 9.17) is 19.9 Å². The van der Waals surface area contributed by atoms with Crippen molar-refractivity contribution in [3.63, 3.8) is 0 Å². The molecule has 1 aliphatic rings. The number of likely N-dealkylation sites (N-methyl/N-ethyl adjacent to an activating group) is 3. The van der Waals surface area contributed by atoms with Crippen molar-refractivity contribution in [2.24, 2.45) is 23.5 Å². The number of ketones is 1. The molecule has 2 rings (SSSR count). The van der Waals surface area contributed by atoms with Crippen LogP contribution in [0.1, 0.15) is 92.6 Å². The number of carbonyl (C=O) groups excluding carboxylic acids is 9. The molecular weight excluding hydrogens is 893 g/mol. The molecule has 0 spiro atoms. The van der Waals surface area contributed by atoms with Gasteiger partial charge in [-0.05, 0) is 36.5 Å². The summed E-state index contributed by atoms with van der Waals surface area (Å²) in [4.78, 5) is 126. The lowest BCUT2D eigenvalue weighted by atomic mass is 10.0. The predicted octanol–water partition coefficient (Wildman–Crippen LogP) is 0.746. The van der Waals surface area contributed by atoms with Crippen molar-refractivity contribution >= 4 is 64.9 Å². The van der Waals surface area contributed by atoms with Crippen LogP contribution in [0.25, 0.3) is 0 Å². The Morgan fingerprint density at radius 2 is 1.41 bits per heavy atom. The number of hydrogen-bond donors (Lipinski definition) is 7. The van der Waals surface area contributed by atoms with E-state index >= 15 is 0 Å². The van der Waals surface area contributed by atoms with Crippen LogP contribution in [0.4, 0.5) is 10.5 Å². The fourth-order valence-corrected chi connectivity index (χ4v) is 5.83. The number of nitrogens with zero attached hydrogens (tertiary/aromatic N) is 3. The van der Waals surface area contributed by atoms with Crippen molar-refractivity contribution in [1.82, 2.24) is 30.7 Å². The van der Waals surface area contributed by atoms with E-state index < -0.39 is 90.4 Å². The molecular formula is C45H72N8O15. The van der Waals surface area contributed by atoms with Crippen molar-refractivity contribution in [2.75, 3.05) is 59.2 Å². The molecule has 0 radical (unpaired) electrons. The van der Waals surface area contributed by atoms with Gasteiger partial charge < -0.3 is 66.1 Å². The summed E-state index contributed by atoms with van der Waals surface area (Å²) in [6.07, 6.45) is -2.95. The standard InChI is InChI=1S/C41H62N6O14.C4H10N2O/c1-23(2)29(49)19-45(7)35(53)21-47(9)36(54)20-46(8)34(52)12-10-11-32(50)44-38(24(3)4)39(55)42-18-33(51)43-28-14-13-26(22-59-41(58)25(5)6)15-30(28)60-37-17-27(48)16-31(61-37)40(56)57;1-2-3-6-4(5)7/h13-15,23-25,27,31,37-38,48H,10-12,16-22H2,1-9H3,(H,42,55)(H,43,51)(H,44,50)(H,56,57);2-3H2,1H3,(H3,5,6,7). The minimum atomic E-state index is -1.33. The summed E-state index contributed by atoms with van der Waals surface area (Å²) >= 11 is 0. The van der Waals surface area contributed by atoms with E-state index in [-0.39, 0.29) is 87.4 Å². The number of Topliss-reactive ketones (excluding diaryl/α,β-unsaturated/α-hetero) is 1. The van der Waals surface area contributed by atoms with Crippen LogP contribution in [-0.4, -0.2) is 163 Å². The molecule has 68 heavy (non-hydrogen) atoms. The summed E-state index contributed by atoms with van der Waals surface area (Å²) in [6.45, 7) is 11.5. The van der Waals surface area contributed by atoms with Gasteiger partial charge in [0, 0.05) is 59.3 Å². The Morgan fingerprint density at radius 3 is 1.94 bits per heavy atom. The van der Waals surface area contributed by atoms with E-state index in [2.05, 4.69) is 21.3 Å². The maximum Gasteiger partial charge on any atom is 0.333 e. The zero-order chi connectivity index (χ0) is 51.8. The first-order valence-electron chi connectivity index (χ1n) is 22.4. The quantitative estimate of drug-likeness (QED) is 0.0665. The number of amides is 8. The van der Waals surface area contributed by atoms with Crippen LogP contribution in [0.5, 0.6) is 5.75 Å². The number of hydrogen-bond acceptors (Lipinski definition) is 14. The number of aliphatic hydroxyl groups is 1. The molecule has 0 aromatic heterocycles. The Kier molecular flexibility index (Phi) is 26.4. The van der Waals surface area contributed by atoms with Crippen LogP contribution in [0, 0.1) is 17.8 Å². The number of benzene rings is 1. The second-order valence-electron chi connectivity index (χ2n) is 17.3. The maximum atomic E-state index is 13.2. The van der Waals surface area contributed by atoms with E-state index in [0.29, 0.717) is 12.1 Å². The summed E-state index contributed by atoms with van der Waals surface area (Å²) in [7, 11) is 4.30. The smallest absolute Gasteiger partial charge is 0.333 e. The number of carboxylic acid groups (broad SMARTS) is 1. The highest BCUT2D eigenvalue weighted by molar-refractivity contribution is 5.97. The largest absolute Gasteiger partial charge is 0.479 e. The first-order valence-corrected chi connectivity index (χ1v) is 22.4. The van der Waals surface area contributed by atoms with Gasteiger partial charge in [-0.2, -0.15) is 0 Å². The van der Waals surface area contributed by atoms with Crippen LogP contribution in [-0.2, 0) is 59.2 Å². The molecule has 1 aliphatic heterocycles. The molecule has 8 amide bonds. The first-order chi connectivity index (χ1) is 31.7. The summed E-state index contributed by atoms with van der Waals surface area (Å²) in [5, 5.41) is 29.8. The molecule has 1 saturated heterocycles. The number of esters is 1. The van der Waals surface area contributed by atoms with Crippen LogP contribution in [0.15, 0.2) is 18.2 Å². The van der Waals surface area contributed by atoms with Gasteiger partial charge in [-0.1, -0.05) is 54.5 Å². The van der Waals surface area contributed by atoms with Crippen molar-refractivity contribution in [1.29, 1.82) is 0 Å². The first kappa shape index (κ1) is 59.7. The van der Waals surface area contributed by atoms with Crippen LogP contribution in [0.2, 0.25) is 0 Å². The Morgan fingerprint density at radius 1 is 0.809 bits per heavy atom. The lowest BCUT2D eigenvalue weighted by molar-refractivity contribution is -0.195. The molecule has 4 atom stereocenters. The van der Waals surface area contributed by atoms with E-state index in [1.165, 1.54) is 43.1 Å². The minimum Gasteiger partial charge on any atom is -0.479 e. The summed E-state index contributed by atoms with van der Waals surface area (Å²) in [5.74, 6) is -6.08. The second-order valence-corrected chi connectivity index (χ2v) is 17.3. The third kappa shape index (κ3) is 22.9. The Bertz CT molecular complexity index is 1910. The van der Waals surface area contributed by atoms with Gasteiger partial charge in [-0.3, -0.25) is 38.4 Å². The number of nitrogens with two attached hydrogens (primary N) is 1. The molecule has 1 heterocycles. The van der Waals surface area contributed by atoms with Crippen LogP contribution in [0.3, 0.4) is 0 Å². The summed E-state index contributed by atoms with van der Waals surface area (Å²) in [5.41, 5.74) is 5.30. The SMILES string of the molecule is CC(C)C(=O)CN(C)C(=O)CN(C)C(=O)CN(C)C(=O)CCCC(=O)NC(C(=O)NCC(=O)Nc1ccc(COC(=O)C(C)C)cc1OC1CC(O)CC(C(=O)O)O1)C(C)C.CCCNC(N)=O. The van der Waals surface area contributed by atoms with Gasteiger partial charge in [0.25, 0.3) is 0 Å². The van der Waals surface area contributed by atoms with Crippen molar-refractivity contribution in [2.45, 2.75) is 118 Å². The average Bonchev–Trinajstić information content (AvgIpc) is 3.25. The van der Waals surface area contributed by atoms with Gasteiger partial charge in [-0.25, -0.2) is 9.59 Å². The molecule has 23 nitrogen and oxygen atoms in total. The second kappa shape index (κ2) is 30.1. The number of primary amides is 1. The lowest BCUT2D eigenvalue weighted by Gasteiger charge is -2.31. The topological polar surface area (TPSA) is 323 Å². The fraction of sp³-hybridized carbons (Fsp3) is 0.644. The Hall–Kier alpha value is -6.36. The number of aliphatic hydroxyl groups excluding tert-OH is 1. The fourth-order valence-electron chi connectivity index (χ4n) is 5.83. The van der Waals surface area contributed by atoms with E-state index in [1.807, 2.05) is 6.92 Å². The number of urea groups is 1. The molecule has 0 aliphatic carbocycles. The van der Waals surface area contributed by atoms with Gasteiger partial charge in [-0.15, -0.1) is 0 Å². The van der Waals surface area contributed by atoms with Crippen LogP contribution >= 0.6 is 0 Å². The highest BCUT2D eigenvalue weighted by Gasteiger charge is 2.34. The molecule has 23 heteroatoms. The van der Waals surface area contributed by atoms with Gasteiger partial charge in [0.15, 0.2) is 11.9 Å². The highest BCUT2D eigenvalue weighted by atomic mass is 16.7. The van der Waals surface area contributed by atoms with Gasteiger partial charge in [0.1, 0.15) is 18.4 Å². The molecule has 1 fully saturated rings. The number of rotatable bonds is 25. The van der Waals surface area contributed by atoms with Gasteiger partial charge >= 0.3 is 18.0 Å². The molecule has 0 bridgehead atoms. The molecule has 4 unspecified atom stereocenters. The third-order valence-electron chi connectivity index (χ3n) is 10.1. The van der Waals surface area contributed by atoms with E-state index in [9.17, 15) is 58.2 Å². The average molecular weight is 965 g/mol. The Labute approximate surface area is 397 Å². The van der Waals surface area contributed by atoms with Crippen molar-refractivity contribution in [3.05, 3.63) is 23.8 Å². The van der Waals surface area contributed by atoms with E-state index in [0.717, 1.165) is 11.3 Å². The monoisotopic (exact) mass is 965 g/mol. The zero-order valence-electron chi connectivity index (χ0n) is 40.9. The summed E-state index contributed by atoms with van der Waals surface area (Å²) < 4.78 is 16.7. The number of nitrogens with one attached hydrogen (secondary N) is 4. The van der Waals surface area contributed by atoms with Gasteiger partial charge in [0.05, 0.1) is 43.9 Å². The van der Waals surface area contributed by atoms with Gasteiger partial charge in [0.2, 0.25) is 41.7 Å². The van der Waals surface area contributed by atoms with Crippen molar-refractivity contribution < 1.29 is 72.4 Å². The molecule has 1 aromatic carbocycles. The third-order valence-corrected chi connectivity index (χ3v) is 10.1. The predicted molar refractivity (Wildman–Crippen MR) is 246 cm³/mol. The molecule has 0 saturated carbocycles. The molecule has 1 aromatic rings. The minimum absolute atomic E-state index is 0.0176. The number of ether oxygens (including phenoxy) is 3. The van der Waals surface area contributed by atoms with E-state index in [1.54, 1.807) is 47.6 Å². The number of carboxylic acids is 1.